The minimum atomic E-state index is 0.639. The molecule has 2 nitrogen and oxygen atoms in total. The number of halogens is 1. The summed E-state index contributed by atoms with van der Waals surface area (Å²) in [5.41, 5.74) is 1.14. The molecule has 0 fully saturated rings. The Hall–Kier alpha value is -0.800. The van der Waals surface area contributed by atoms with Gasteiger partial charge in [0.05, 0.1) is 18.2 Å². The van der Waals surface area contributed by atoms with E-state index >= 15 is 0 Å². The van der Waals surface area contributed by atoms with Gasteiger partial charge in [-0.05, 0) is 46.5 Å². The molecule has 0 radical (unpaired) electrons. The molecule has 0 N–H and O–H groups in total. The van der Waals surface area contributed by atoms with Crippen molar-refractivity contribution in [2.24, 2.45) is 0 Å². The van der Waals surface area contributed by atoms with Crippen LogP contribution in [-0.2, 0) is 11.3 Å². The second kappa shape index (κ2) is 7.47. The Kier molecular flexibility index (Phi) is 6.19. The number of methoxy groups -OCH3 is 1. The third-order valence-electron chi connectivity index (χ3n) is 2.18. The van der Waals surface area contributed by atoms with Crippen molar-refractivity contribution < 1.29 is 9.47 Å². The molecule has 0 unspecified atom stereocenters. The van der Waals surface area contributed by atoms with E-state index in [1.54, 1.807) is 7.11 Å². The predicted octanol–water partition coefficient (Wildman–Crippen LogP) is 3.94. The lowest BCUT2D eigenvalue weighted by atomic mass is 10.2. The van der Waals surface area contributed by atoms with E-state index in [2.05, 4.69) is 22.5 Å². The third-order valence-corrected chi connectivity index (χ3v) is 2.80. The summed E-state index contributed by atoms with van der Waals surface area (Å²) in [5.74, 6) is 0.843. The summed E-state index contributed by atoms with van der Waals surface area (Å²) in [6.07, 6.45) is 3.94. The molecule has 0 aliphatic heterocycles. The quantitative estimate of drug-likeness (QED) is 0.558. The Morgan fingerprint density at radius 1 is 1.44 bits per heavy atom. The molecule has 88 valence electrons. The van der Waals surface area contributed by atoms with Crippen LogP contribution in [0.2, 0.25) is 0 Å². The van der Waals surface area contributed by atoms with Crippen LogP contribution in [-0.4, -0.2) is 13.7 Å². The predicted molar refractivity (Wildman–Crippen MR) is 69.8 cm³/mol. The highest BCUT2D eigenvalue weighted by molar-refractivity contribution is 9.10. The van der Waals surface area contributed by atoms with Gasteiger partial charge in [-0.3, -0.25) is 0 Å². The van der Waals surface area contributed by atoms with E-state index in [4.69, 9.17) is 9.47 Å². The summed E-state index contributed by atoms with van der Waals surface area (Å²) in [6.45, 7) is 5.08. The minimum absolute atomic E-state index is 0.639. The standard InChI is InChI=1S/C13H17BrO2/c1-3-4-5-8-16-10-11-6-7-13(15-2)12(14)9-11/h3,6-7,9H,1,4-5,8,10H2,2H3. The molecule has 0 amide bonds. The van der Waals surface area contributed by atoms with Gasteiger partial charge < -0.3 is 9.47 Å². The van der Waals surface area contributed by atoms with Crippen molar-refractivity contribution >= 4 is 15.9 Å². The highest BCUT2D eigenvalue weighted by Crippen LogP contribution is 2.25. The lowest BCUT2D eigenvalue weighted by molar-refractivity contribution is 0.119. The van der Waals surface area contributed by atoms with Crippen LogP contribution in [0.5, 0.6) is 5.75 Å². The van der Waals surface area contributed by atoms with Gasteiger partial charge in [0.25, 0.3) is 0 Å². The number of ether oxygens (including phenoxy) is 2. The van der Waals surface area contributed by atoms with Gasteiger partial charge in [0, 0.05) is 6.61 Å². The van der Waals surface area contributed by atoms with Gasteiger partial charge in [-0.15, -0.1) is 6.58 Å². The molecule has 0 heterocycles. The lowest BCUT2D eigenvalue weighted by Gasteiger charge is -2.07. The molecule has 0 saturated heterocycles. The number of allylic oxidation sites excluding steroid dienone is 1. The molecule has 0 aliphatic rings. The number of hydrogen-bond donors (Lipinski definition) is 0. The normalized spacial score (nSPS) is 10.1. The molecule has 1 rings (SSSR count). The Bertz CT molecular complexity index is 337. The monoisotopic (exact) mass is 284 g/mol. The van der Waals surface area contributed by atoms with E-state index in [9.17, 15) is 0 Å². The van der Waals surface area contributed by atoms with Crippen LogP contribution in [0.15, 0.2) is 35.3 Å². The maximum Gasteiger partial charge on any atom is 0.133 e. The first-order chi connectivity index (χ1) is 7.77. The van der Waals surface area contributed by atoms with Gasteiger partial charge in [-0.2, -0.15) is 0 Å². The van der Waals surface area contributed by atoms with E-state index in [-0.39, 0.29) is 0 Å². The molecule has 0 aliphatic carbocycles. The summed E-state index contributed by atoms with van der Waals surface area (Å²) >= 11 is 3.45. The topological polar surface area (TPSA) is 18.5 Å². The van der Waals surface area contributed by atoms with E-state index in [1.807, 2.05) is 24.3 Å². The zero-order valence-electron chi connectivity index (χ0n) is 9.54. The van der Waals surface area contributed by atoms with Crippen LogP contribution in [0.4, 0.5) is 0 Å². The first-order valence-electron chi connectivity index (χ1n) is 5.29. The SMILES string of the molecule is C=CCCCOCc1ccc(OC)c(Br)c1. The molecule has 0 aromatic heterocycles. The van der Waals surface area contributed by atoms with Crippen LogP contribution in [0.25, 0.3) is 0 Å². The van der Waals surface area contributed by atoms with E-state index in [1.165, 1.54) is 0 Å². The van der Waals surface area contributed by atoms with Crippen LogP contribution in [0.1, 0.15) is 18.4 Å². The van der Waals surface area contributed by atoms with Gasteiger partial charge in [0.1, 0.15) is 5.75 Å². The number of hydrogen-bond acceptors (Lipinski definition) is 2. The first-order valence-corrected chi connectivity index (χ1v) is 6.08. The van der Waals surface area contributed by atoms with E-state index < -0.39 is 0 Å². The first kappa shape index (κ1) is 13.3. The molecule has 3 heteroatoms. The average molecular weight is 285 g/mol. The fourth-order valence-electron chi connectivity index (χ4n) is 1.32. The molecule has 1 aromatic rings. The number of benzene rings is 1. The average Bonchev–Trinajstić information content (AvgIpc) is 2.29. The summed E-state index contributed by atoms with van der Waals surface area (Å²) in [7, 11) is 1.66. The largest absolute Gasteiger partial charge is 0.496 e. The summed E-state index contributed by atoms with van der Waals surface area (Å²) in [6, 6.07) is 5.97. The summed E-state index contributed by atoms with van der Waals surface area (Å²) in [4.78, 5) is 0. The zero-order valence-corrected chi connectivity index (χ0v) is 11.1. The van der Waals surface area contributed by atoms with Gasteiger partial charge >= 0.3 is 0 Å². The molecular weight excluding hydrogens is 268 g/mol. The van der Waals surface area contributed by atoms with Crippen molar-refractivity contribution in [3.8, 4) is 5.75 Å². The maximum absolute atomic E-state index is 5.54. The van der Waals surface area contributed by atoms with Gasteiger partial charge in [0.15, 0.2) is 0 Å². The van der Waals surface area contributed by atoms with E-state index in [0.717, 1.165) is 35.2 Å². The molecule has 16 heavy (non-hydrogen) atoms. The van der Waals surface area contributed by atoms with Crippen LogP contribution >= 0.6 is 15.9 Å². The molecule has 0 bridgehead atoms. The van der Waals surface area contributed by atoms with Crippen molar-refractivity contribution in [1.29, 1.82) is 0 Å². The smallest absolute Gasteiger partial charge is 0.133 e. The molecular formula is C13H17BrO2. The zero-order chi connectivity index (χ0) is 11.8. The van der Waals surface area contributed by atoms with Crippen LogP contribution in [0.3, 0.4) is 0 Å². The van der Waals surface area contributed by atoms with Crippen LogP contribution in [0, 0.1) is 0 Å². The second-order valence-electron chi connectivity index (χ2n) is 3.45. The Morgan fingerprint density at radius 3 is 2.88 bits per heavy atom. The molecule has 0 spiro atoms. The van der Waals surface area contributed by atoms with E-state index in [0.29, 0.717) is 6.61 Å². The van der Waals surface area contributed by atoms with Crippen molar-refractivity contribution in [2.45, 2.75) is 19.4 Å². The van der Waals surface area contributed by atoms with Gasteiger partial charge in [-0.25, -0.2) is 0 Å². The summed E-state index contributed by atoms with van der Waals surface area (Å²) < 4.78 is 11.7. The fraction of sp³-hybridized carbons (Fsp3) is 0.385. The van der Waals surface area contributed by atoms with Crippen LogP contribution < -0.4 is 4.74 Å². The molecule has 1 aromatic carbocycles. The lowest BCUT2D eigenvalue weighted by Crippen LogP contribution is -1.95. The van der Waals surface area contributed by atoms with Crippen molar-refractivity contribution in [3.05, 3.63) is 40.9 Å². The Morgan fingerprint density at radius 2 is 2.25 bits per heavy atom. The van der Waals surface area contributed by atoms with Crippen molar-refractivity contribution in [2.75, 3.05) is 13.7 Å². The summed E-state index contributed by atoms with van der Waals surface area (Å²) in [5, 5.41) is 0. The Labute approximate surface area is 105 Å². The van der Waals surface area contributed by atoms with Gasteiger partial charge in [-0.1, -0.05) is 12.1 Å². The Balaban J connectivity index is 2.37. The van der Waals surface area contributed by atoms with Crippen molar-refractivity contribution in [1.82, 2.24) is 0 Å². The highest BCUT2D eigenvalue weighted by atomic mass is 79.9. The minimum Gasteiger partial charge on any atom is -0.496 e. The highest BCUT2D eigenvalue weighted by Gasteiger charge is 2.01. The third kappa shape index (κ3) is 4.37. The molecule has 0 saturated carbocycles. The number of unbranched alkanes of at least 4 members (excludes halogenated alkanes) is 1. The van der Waals surface area contributed by atoms with Gasteiger partial charge in [0.2, 0.25) is 0 Å². The second-order valence-corrected chi connectivity index (χ2v) is 4.31. The maximum atomic E-state index is 5.54. The van der Waals surface area contributed by atoms with Crippen molar-refractivity contribution in [3.63, 3.8) is 0 Å². The fourth-order valence-corrected chi connectivity index (χ4v) is 1.91. The molecule has 0 atom stereocenters. The number of rotatable bonds is 7.